The smallest absolute Gasteiger partial charge is 0.178 e. The second-order valence-corrected chi connectivity index (χ2v) is 5.87. The maximum Gasteiger partial charge on any atom is 0.178 e. The third-order valence-electron chi connectivity index (χ3n) is 4.40. The molecule has 106 valence electrons. The molecule has 1 aromatic heterocycles. The number of benzene rings is 1. The average Bonchev–Trinajstić information content (AvgIpc) is 3.10. The summed E-state index contributed by atoms with van der Waals surface area (Å²) in [6.45, 7) is 0. The Balaban J connectivity index is 1.90. The first-order valence-electron chi connectivity index (χ1n) is 6.80. The van der Waals surface area contributed by atoms with E-state index in [0.717, 1.165) is 24.8 Å². The second-order valence-electron chi connectivity index (χ2n) is 5.48. The molecule has 1 N–H and O–H groups in total. The van der Waals surface area contributed by atoms with Crippen LogP contribution in [0.15, 0.2) is 12.1 Å². The largest absolute Gasteiger partial charge is 0.494 e. The number of aromatic amines is 1. The number of aromatic nitrogens is 2. The third kappa shape index (κ3) is 1.64. The highest BCUT2D eigenvalue weighted by atomic mass is 32.1. The number of rotatable bonds is 2. The molecule has 2 aliphatic heterocycles. The van der Waals surface area contributed by atoms with Crippen LogP contribution in [0, 0.1) is 10.6 Å². The predicted octanol–water partition coefficient (Wildman–Crippen LogP) is 3.34. The molecule has 3 heterocycles. The van der Waals surface area contributed by atoms with Gasteiger partial charge in [-0.1, -0.05) is 0 Å². The third-order valence-corrected chi connectivity index (χ3v) is 4.69. The van der Waals surface area contributed by atoms with Crippen LogP contribution < -0.4 is 4.74 Å². The lowest BCUT2D eigenvalue weighted by Crippen LogP contribution is -2.20. The normalized spacial score (nSPS) is 28.4. The molecule has 1 aromatic carbocycles. The Morgan fingerprint density at radius 1 is 1.45 bits per heavy atom. The predicted molar refractivity (Wildman–Crippen MR) is 75.2 cm³/mol. The average molecular weight is 294 g/mol. The van der Waals surface area contributed by atoms with Gasteiger partial charge in [0.1, 0.15) is 0 Å². The summed E-state index contributed by atoms with van der Waals surface area (Å²) in [6, 6.07) is 3.39. The quantitative estimate of drug-likeness (QED) is 0.863. The first kappa shape index (κ1) is 12.3. The molecular formula is C14H15FN2O2S. The van der Waals surface area contributed by atoms with Crippen molar-refractivity contribution in [3.05, 3.63) is 22.7 Å². The summed E-state index contributed by atoms with van der Waals surface area (Å²) < 4.78 is 27.4. The van der Waals surface area contributed by atoms with Crippen LogP contribution in [0.3, 0.4) is 0 Å². The zero-order valence-electron chi connectivity index (χ0n) is 11.1. The molecule has 2 aliphatic rings. The molecule has 2 aromatic rings. The number of hydrogen-bond acceptors (Lipinski definition) is 3. The number of hydrogen-bond donors (Lipinski definition) is 1. The van der Waals surface area contributed by atoms with Gasteiger partial charge in [-0.05, 0) is 31.5 Å². The second kappa shape index (κ2) is 4.30. The molecule has 3 atom stereocenters. The Morgan fingerprint density at radius 3 is 2.95 bits per heavy atom. The molecule has 0 amide bonds. The molecule has 4 rings (SSSR count). The number of nitrogens with zero attached hydrogens (tertiary/aromatic N) is 1. The minimum absolute atomic E-state index is 0.224. The lowest BCUT2D eigenvalue weighted by Gasteiger charge is -2.21. The van der Waals surface area contributed by atoms with Gasteiger partial charge in [-0.3, -0.25) is 0 Å². The fourth-order valence-electron chi connectivity index (χ4n) is 3.50. The van der Waals surface area contributed by atoms with E-state index in [1.165, 1.54) is 13.2 Å². The molecule has 6 heteroatoms. The summed E-state index contributed by atoms with van der Waals surface area (Å²) in [4.78, 5) is 3.08. The number of methoxy groups -OCH3 is 1. The number of fused-ring (bicyclic) bond motifs is 3. The van der Waals surface area contributed by atoms with Gasteiger partial charge < -0.3 is 19.0 Å². The minimum Gasteiger partial charge on any atom is -0.494 e. The van der Waals surface area contributed by atoms with Crippen LogP contribution in [0.5, 0.6) is 5.75 Å². The van der Waals surface area contributed by atoms with E-state index >= 15 is 0 Å². The van der Waals surface area contributed by atoms with Gasteiger partial charge in [0.05, 0.1) is 36.4 Å². The van der Waals surface area contributed by atoms with E-state index < -0.39 is 0 Å². The van der Waals surface area contributed by atoms with Crippen molar-refractivity contribution in [3.63, 3.8) is 0 Å². The molecule has 0 saturated carbocycles. The highest BCUT2D eigenvalue weighted by Crippen LogP contribution is 2.43. The van der Waals surface area contributed by atoms with Crippen molar-refractivity contribution >= 4 is 23.3 Å². The Hall–Kier alpha value is -1.40. The number of imidazole rings is 1. The van der Waals surface area contributed by atoms with Crippen molar-refractivity contribution in [2.24, 2.45) is 0 Å². The Morgan fingerprint density at radius 2 is 2.30 bits per heavy atom. The van der Waals surface area contributed by atoms with Crippen molar-refractivity contribution in [1.82, 2.24) is 9.55 Å². The van der Waals surface area contributed by atoms with Gasteiger partial charge >= 0.3 is 0 Å². The highest BCUT2D eigenvalue weighted by molar-refractivity contribution is 7.71. The summed E-state index contributed by atoms with van der Waals surface area (Å²) in [5, 5.41) is 0. The molecule has 3 unspecified atom stereocenters. The zero-order chi connectivity index (χ0) is 13.9. The Kier molecular flexibility index (Phi) is 2.65. The molecule has 0 spiro atoms. The number of nitrogens with one attached hydrogen (secondary N) is 1. The van der Waals surface area contributed by atoms with Gasteiger partial charge in [0.2, 0.25) is 0 Å². The van der Waals surface area contributed by atoms with Gasteiger partial charge in [-0.15, -0.1) is 0 Å². The van der Waals surface area contributed by atoms with E-state index in [1.54, 1.807) is 6.07 Å². The number of halogens is 1. The lowest BCUT2D eigenvalue weighted by molar-refractivity contribution is 0.0941. The van der Waals surface area contributed by atoms with Crippen LogP contribution in [0.4, 0.5) is 4.39 Å². The molecule has 0 aliphatic carbocycles. The van der Waals surface area contributed by atoms with Crippen molar-refractivity contribution in [1.29, 1.82) is 0 Å². The zero-order valence-corrected chi connectivity index (χ0v) is 11.9. The van der Waals surface area contributed by atoms with Crippen LogP contribution in [0.1, 0.15) is 25.3 Å². The van der Waals surface area contributed by atoms with E-state index in [-0.39, 0.29) is 23.7 Å². The maximum atomic E-state index is 13.8. The first-order valence-corrected chi connectivity index (χ1v) is 7.21. The van der Waals surface area contributed by atoms with Gasteiger partial charge in [-0.2, -0.15) is 0 Å². The van der Waals surface area contributed by atoms with Crippen molar-refractivity contribution in [2.45, 2.75) is 37.5 Å². The van der Waals surface area contributed by atoms with Crippen molar-refractivity contribution < 1.29 is 13.9 Å². The molecule has 2 bridgehead atoms. The molecular weight excluding hydrogens is 279 g/mol. The van der Waals surface area contributed by atoms with Gasteiger partial charge in [0.25, 0.3) is 0 Å². The topological polar surface area (TPSA) is 39.2 Å². The molecule has 2 saturated heterocycles. The summed E-state index contributed by atoms with van der Waals surface area (Å²) >= 11 is 5.42. The maximum absolute atomic E-state index is 13.8. The van der Waals surface area contributed by atoms with Gasteiger partial charge in [0, 0.05) is 12.1 Å². The first-order chi connectivity index (χ1) is 9.67. The highest BCUT2D eigenvalue weighted by Gasteiger charge is 2.42. The molecule has 20 heavy (non-hydrogen) atoms. The molecule has 2 fully saturated rings. The van der Waals surface area contributed by atoms with Crippen molar-refractivity contribution in [2.75, 3.05) is 7.11 Å². The fourth-order valence-corrected chi connectivity index (χ4v) is 3.84. The minimum atomic E-state index is -0.382. The summed E-state index contributed by atoms with van der Waals surface area (Å²) in [5.74, 6) is -0.142. The summed E-state index contributed by atoms with van der Waals surface area (Å²) in [6.07, 6.45) is 3.75. The van der Waals surface area contributed by atoms with Crippen LogP contribution in [0.2, 0.25) is 0 Å². The Labute approximate surface area is 120 Å². The lowest BCUT2D eigenvalue weighted by atomic mass is 9.95. The number of ether oxygens (including phenoxy) is 2. The van der Waals surface area contributed by atoms with Crippen molar-refractivity contribution in [3.8, 4) is 5.75 Å². The fraction of sp³-hybridized carbons (Fsp3) is 0.500. The summed E-state index contributed by atoms with van der Waals surface area (Å²) in [5.41, 5.74) is 1.59. The molecule has 4 nitrogen and oxygen atoms in total. The van der Waals surface area contributed by atoms with Crippen LogP contribution in [-0.4, -0.2) is 28.9 Å². The van der Waals surface area contributed by atoms with Gasteiger partial charge in [0.15, 0.2) is 16.3 Å². The van der Waals surface area contributed by atoms with Crippen LogP contribution >= 0.6 is 12.2 Å². The summed E-state index contributed by atoms with van der Waals surface area (Å²) in [7, 11) is 1.47. The van der Waals surface area contributed by atoms with Crippen LogP contribution in [0.25, 0.3) is 11.0 Å². The number of H-pyrrole nitrogens is 1. The van der Waals surface area contributed by atoms with Crippen LogP contribution in [-0.2, 0) is 4.74 Å². The Bertz CT molecular complexity index is 739. The van der Waals surface area contributed by atoms with E-state index in [9.17, 15) is 4.39 Å². The van der Waals surface area contributed by atoms with E-state index in [2.05, 4.69) is 9.55 Å². The molecule has 0 radical (unpaired) electrons. The standard InChI is InChI=1S/C14H15FN2O2S/c1-18-13-6-10-9(5-8(13)15)16-14(20)17(10)11-4-7-2-3-12(11)19-7/h5-7,11-12H,2-4H2,1H3,(H,16,20). The SMILES string of the molecule is COc1cc2c(cc1F)[nH]c(=S)n2C1CC2CCC1O2. The monoisotopic (exact) mass is 294 g/mol. The van der Waals surface area contributed by atoms with E-state index in [0.29, 0.717) is 16.4 Å². The van der Waals surface area contributed by atoms with Gasteiger partial charge in [-0.25, -0.2) is 4.39 Å². The van der Waals surface area contributed by atoms with E-state index in [4.69, 9.17) is 21.7 Å². The van der Waals surface area contributed by atoms with E-state index in [1.807, 2.05) is 0 Å².